The molecule has 0 bridgehead atoms. The summed E-state index contributed by atoms with van der Waals surface area (Å²) in [5, 5.41) is 11.9. The number of hydrogen-bond donors (Lipinski definition) is 1. The number of benzene rings is 2. The molecule has 1 N–H and O–H groups in total. The molecule has 0 aliphatic carbocycles. The van der Waals surface area contributed by atoms with Gasteiger partial charge in [0.25, 0.3) is 5.91 Å². The number of amides is 2. The predicted molar refractivity (Wildman–Crippen MR) is 113 cm³/mol. The number of nitrogens with zero attached hydrogens (tertiary/aromatic N) is 3. The summed E-state index contributed by atoms with van der Waals surface area (Å²) in [5.41, 5.74) is 1.52. The molecule has 0 saturated carbocycles. The summed E-state index contributed by atoms with van der Waals surface area (Å²) in [7, 11) is 1.76. The van der Waals surface area contributed by atoms with E-state index in [9.17, 15) is 9.59 Å². The van der Waals surface area contributed by atoms with Crippen LogP contribution >= 0.6 is 0 Å². The summed E-state index contributed by atoms with van der Waals surface area (Å²) in [6.07, 6.45) is 0.417. The molecule has 2 amide bonds. The van der Waals surface area contributed by atoms with Crippen molar-refractivity contribution in [3.63, 3.8) is 0 Å². The molecule has 0 aromatic heterocycles. The quantitative estimate of drug-likeness (QED) is 0.353. The van der Waals surface area contributed by atoms with Gasteiger partial charge < -0.3 is 0 Å². The normalized spacial score (nSPS) is 14.5. The summed E-state index contributed by atoms with van der Waals surface area (Å²) < 4.78 is 5.53. The molecule has 1 heterocycles. The number of carbonyl (C=O) groups excluding carboxylic acids is 2. The fraction of sp³-hybridized carbons (Fsp3) is 0.333. The van der Waals surface area contributed by atoms with Crippen LogP contribution in [0.5, 0.6) is 0 Å². The van der Waals surface area contributed by atoms with Crippen molar-refractivity contribution < 1.29 is 23.8 Å². The Balaban J connectivity index is 1.42. The van der Waals surface area contributed by atoms with Crippen LogP contribution in [0.1, 0.15) is 16.8 Å². The van der Waals surface area contributed by atoms with Crippen LogP contribution in [0.3, 0.4) is 0 Å². The van der Waals surface area contributed by atoms with Gasteiger partial charge in [0.1, 0.15) is 0 Å². The van der Waals surface area contributed by atoms with Crippen molar-refractivity contribution in [1.82, 2.24) is 9.80 Å². The van der Waals surface area contributed by atoms with Gasteiger partial charge >= 0.3 is 136 Å². The first-order chi connectivity index (χ1) is 14.6. The van der Waals surface area contributed by atoms with E-state index < -0.39 is 15.8 Å². The standard InChI is InChI=1S/C21H25GeN3O5/c1-23(19-9-7-18(8-10-19)22-29-30-28)20(26)11-12-24-13-15-25(16-14-24)21(27)17-5-3-2-4-6-17/h2-10,28H,11-16H2,1H3. The van der Waals surface area contributed by atoms with Crippen LogP contribution < -0.4 is 9.30 Å². The second kappa shape index (κ2) is 11.2. The predicted octanol–water partition coefficient (Wildman–Crippen LogP) is 1.16. The number of piperazine rings is 1. The molecule has 158 valence electrons. The van der Waals surface area contributed by atoms with Crippen molar-refractivity contribution >= 4 is 37.7 Å². The fourth-order valence-corrected chi connectivity index (χ4v) is 4.24. The van der Waals surface area contributed by atoms with Gasteiger partial charge in [-0.2, -0.15) is 0 Å². The first-order valence-electron chi connectivity index (χ1n) is 9.75. The molecular weight excluding hydrogens is 447 g/mol. The van der Waals surface area contributed by atoms with Crippen LogP contribution in [0, 0.1) is 0 Å². The van der Waals surface area contributed by atoms with Gasteiger partial charge in [-0.1, -0.05) is 18.2 Å². The molecule has 2 radical (unpaired) electrons. The van der Waals surface area contributed by atoms with Crippen molar-refractivity contribution in [1.29, 1.82) is 0 Å². The van der Waals surface area contributed by atoms with Crippen LogP contribution in [0.25, 0.3) is 0 Å². The van der Waals surface area contributed by atoms with Gasteiger partial charge in [0.2, 0.25) is 0 Å². The number of carbonyl (C=O) groups is 2. The summed E-state index contributed by atoms with van der Waals surface area (Å²) in [5.74, 6) is 0.102. The van der Waals surface area contributed by atoms with Crippen molar-refractivity contribution in [2.24, 2.45) is 0 Å². The zero-order valence-corrected chi connectivity index (χ0v) is 19.0. The van der Waals surface area contributed by atoms with E-state index in [1.807, 2.05) is 59.5 Å². The molecule has 0 unspecified atom stereocenters. The zero-order chi connectivity index (χ0) is 21.3. The number of anilines is 1. The average molecular weight is 472 g/mol. The van der Waals surface area contributed by atoms with Crippen molar-refractivity contribution in [2.75, 3.05) is 44.7 Å². The Morgan fingerprint density at radius 3 is 2.33 bits per heavy atom. The second-order valence-electron chi connectivity index (χ2n) is 7.01. The molecule has 8 nitrogen and oxygen atoms in total. The summed E-state index contributed by atoms with van der Waals surface area (Å²) >= 11 is -1.01. The van der Waals surface area contributed by atoms with Gasteiger partial charge in [0.05, 0.1) is 0 Å². The van der Waals surface area contributed by atoms with E-state index in [-0.39, 0.29) is 11.8 Å². The monoisotopic (exact) mass is 473 g/mol. The van der Waals surface area contributed by atoms with Crippen molar-refractivity contribution in [2.45, 2.75) is 6.42 Å². The summed E-state index contributed by atoms with van der Waals surface area (Å²) in [6.45, 7) is 3.54. The molecule has 2 aromatic carbocycles. The molecule has 1 aliphatic heterocycles. The van der Waals surface area contributed by atoms with Crippen LogP contribution in [0.15, 0.2) is 54.6 Å². The Labute approximate surface area is 182 Å². The van der Waals surface area contributed by atoms with E-state index in [4.69, 9.17) is 5.26 Å². The maximum absolute atomic E-state index is 12.6. The summed E-state index contributed by atoms with van der Waals surface area (Å²) in [6, 6.07) is 16.8. The minimum absolute atomic E-state index is 0.0384. The van der Waals surface area contributed by atoms with Crippen LogP contribution in [-0.4, -0.2) is 82.4 Å². The third-order valence-corrected chi connectivity index (χ3v) is 6.67. The first-order valence-corrected chi connectivity index (χ1v) is 11.7. The van der Waals surface area contributed by atoms with E-state index in [0.717, 1.165) is 23.2 Å². The molecule has 30 heavy (non-hydrogen) atoms. The Morgan fingerprint density at radius 2 is 1.70 bits per heavy atom. The van der Waals surface area contributed by atoms with Crippen LogP contribution in [0.4, 0.5) is 5.69 Å². The third-order valence-electron chi connectivity index (χ3n) is 5.15. The average Bonchev–Trinajstić information content (AvgIpc) is 2.81. The van der Waals surface area contributed by atoms with E-state index in [2.05, 4.69) is 13.9 Å². The topological polar surface area (TPSA) is 82.6 Å². The minimum atomic E-state index is -1.01. The zero-order valence-electron chi connectivity index (χ0n) is 16.9. The molecular formula is C21H25GeN3O5. The van der Waals surface area contributed by atoms with Crippen molar-refractivity contribution in [3.8, 4) is 0 Å². The van der Waals surface area contributed by atoms with Gasteiger partial charge in [-0.25, -0.2) is 0 Å². The van der Waals surface area contributed by atoms with Gasteiger partial charge in [0, 0.05) is 5.56 Å². The first kappa shape index (κ1) is 22.4. The Bertz CT molecular complexity index is 826. The van der Waals surface area contributed by atoms with Gasteiger partial charge in [-0.05, 0) is 12.1 Å². The van der Waals surface area contributed by atoms with E-state index in [1.165, 1.54) is 0 Å². The van der Waals surface area contributed by atoms with Gasteiger partial charge in [-0.3, -0.25) is 4.79 Å². The Hall–Kier alpha value is -2.24. The maximum atomic E-state index is 12.6. The van der Waals surface area contributed by atoms with E-state index in [0.29, 0.717) is 31.6 Å². The molecule has 0 spiro atoms. The number of rotatable bonds is 8. The van der Waals surface area contributed by atoms with Crippen LogP contribution in [0.2, 0.25) is 0 Å². The SMILES string of the molecule is CN(C(=O)CCN1CCN(C(=O)c2ccccc2)CC1)c1cc[c]([Ge][O]OO)cc1. The summed E-state index contributed by atoms with van der Waals surface area (Å²) in [4.78, 5) is 30.8. The number of hydrogen-bond acceptors (Lipinski definition) is 6. The van der Waals surface area contributed by atoms with E-state index >= 15 is 0 Å². The molecule has 0 atom stereocenters. The Morgan fingerprint density at radius 1 is 1.03 bits per heavy atom. The third kappa shape index (κ3) is 6.13. The molecule has 1 aliphatic rings. The van der Waals surface area contributed by atoms with Crippen molar-refractivity contribution in [3.05, 3.63) is 60.2 Å². The van der Waals surface area contributed by atoms with E-state index in [1.54, 1.807) is 11.9 Å². The molecule has 9 heteroatoms. The molecule has 3 rings (SSSR count). The van der Waals surface area contributed by atoms with Crippen LogP contribution in [-0.2, 0) is 13.7 Å². The Kier molecular flexibility index (Phi) is 8.41. The molecule has 2 aromatic rings. The van der Waals surface area contributed by atoms with Gasteiger partial charge in [-0.15, -0.1) is 0 Å². The van der Waals surface area contributed by atoms with Gasteiger partial charge in [0.15, 0.2) is 0 Å². The fourth-order valence-electron chi connectivity index (χ4n) is 3.32. The molecule has 1 fully saturated rings. The second-order valence-corrected chi connectivity index (χ2v) is 9.00. The molecule has 1 saturated heterocycles.